The van der Waals surface area contributed by atoms with E-state index >= 15 is 0 Å². The lowest BCUT2D eigenvalue weighted by atomic mass is 10.0. The maximum Gasteiger partial charge on any atom is 0.283 e. The number of carbonyl (C=O) groups excluding carboxylic acids is 1. The Bertz CT molecular complexity index is 783. The maximum absolute atomic E-state index is 12.8. The Hall–Kier alpha value is -2.49. The molecular formula is C16H15FN2O5S. The van der Waals surface area contributed by atoms with E-state index < -0.39 is 22.6 Å². The zero-order chi connectivity index (χ0) is 18.4. The third-order valence-electron chi connectivity index (χ3n) is 3.39. The number of nitrogens with zero attached hydrogens (tertiary/aromatic N) is 1. The zero-order valence-electron chi connectivity index (χ0n) is 12.9. The first kappa shape index (κ1) is 18.8. The lowest BCUT2D eigenvalue weighted by Gasteiger charge is -2.09. The van der Waals surface area contributed by atoms with Gasteiger partial charge in [-0.15, -0.1) is 0 Å². The molecule has 0 bridgehead atoms. The molecule has 1 amide bonds. The molecule has 0 heterocycles. The number of amides is 1. The second-order valence-electron chi connectivity index (χ2n) is 5.03. The van der Waals surface area contributed by atoms with Crippen molar-refractivity contribution in [3.63, 3.8) is 0 Å². The molecule has 2 rings (SSSR count). The van der Waals surface area contributed by atoms with Gasteiger partial charge >= 0.3 is 0 Å². The molecule has 25 heavy (non-hydrogen) atoms. The fourth-order valence-corrected chi connectivity index (χ4v) is 2.85. The molecule has 9 heteroatoms. The Balaban J connectivity index is 2.11. The summed E-state index contributed by atoms with van der Waals surface area (Å²) in [5.74, 6) is -0.427. The van der Waals surface area contributed by atoms with Crippen molar-refractivity contribution in [2.75, 3.05) is 5.32 Å². The van der Waals surface area contributed by atoms with Crippen LogP contribution in [-0.4, -0.2) is 20.4 Å². The number of halogens is 1. The first-order valence-electron chi connectivity index (χ1n) is 7.14. The van der Waals surface area contributed by atoms with Crippen LogP contribution in [0.5, 0.6) is 0 Å². The molecule has 2 aromatic rings. The molecule has 0 aliphatic heterocycles. The summed E-state index contributed by atoms with van der Waals surface area (Å²) in [6.45, 7) is -0.817. The largest absolute Gasteiger partial charge is 0.392 e. The molecule has 132 valence electrons. The molecule has 0 aromatic heterocycles. The molecule has 7 nitrogen and oxygen atoms in total. The van der Waals surface area contributed by atoms with E-state index in [4.69, 9.17) is 0 Å². The summed E-state index contributed by atoms with van der Waals surface area (Å²) in [5.41, 5.74) is 1.05. The quantitative estimate of drug-likeness (QED) is 0.535. The van der Waals surface area contributed by atoms with Crippen LogP contribution in [0, 0.1) is 15.9 Å². The van der Waals surface area contributed by atoms with Crippen LogP contribution in [-0.2, 0) is 19.0 Å². The highest BCUT2D eigenvalue weighted by atomic mass is 32.2. The SMILES string of the molecule is O=C(Nc1ccc(F)cc1)SCc1cc(CO)c(CO)cc1[N+](=O)[O-]. The predicted molar refractivity (Wildman–Crippen MR) is 91.7 cm³/mol. The van der Waals surface area contributed by atoms with Crippen LogP contribution in [0.3, 0.4) is 0 Å². The van der Waals surface area contributed by atoms with Gasteiger partial charge in [-0.05, 0) is 41.5 Å². The molecular weight excluding hydrogens is 351 g/mol. The van der Waals surface area contributed by atoms with E-state index in [-0.39, 0.29) is 29.2 Å². The summed E-state index contributed by atoms with van der Waals surface area (Å²) in [5, 5.41) is 31.8. The van der Waals surface area contributed by atoms with Crippen molar-refractivity contribution < 1.29 is 24.3 Å². The van der Waals surface area contributed by atoms with Crippen molar-refractivity contribution in [1.29, 1.82) is 0 Å². The van der Waals surface area contributed by atoms with Gasteiger partial charge in [0.1, 0.15) is 5.82 Å². The molecule has 0 aliphatic rings. The first-order chi connectivity index (χ1) is 11.9. The van der Waals surface area contributed by atoms with E-state index in [1.165, 1.54) is 36.4 Å². The number of aliphatic hydroxyl groups is 2. The highest BCUT2D eigenvalue weighted by Gasteiger charge is 2.19. The van der Waals surface area contributed by atoms with Gasteiger partial charge in [0.15, 0.2) is 0 Å². The van der Waals surface area contributed by atoms with Crippen LogP contribution in [0.4, 0.5) is 20.6 Å². The molecule has 0 saturated heterocycles. The average molecular weight is 366 g/mol. The molecule has 0 fully saturated rings. The third-order valence-corrected chi connectivity index (χ3v) is 4.21. The van der Waals surface area contributed by atoms with Gasteiger partial charge in [0.2, 0.25) is 0 Å². The van der Waals surface area contributed by atoms with E-state index in [0.717, 1.165) is 11.8 Å². The summed E-state index contributed by atoms with van der Waals surface area (Å²) in [6, 6.07) is 7.80. The topological polar surface area (TPSA) is 113 Å². The van der Waals surface area contributed by atoms with E-state index in [2.05, 4.69) is 5.32 Å². The summed E-state index contributed by atoms with van der Waals surface area (Å²) < 4.78 is 12.8. The van der Waals surface area contributed by atoms with Gasteiger partial charge in [0, 0.05) is 23.1 Å². The van der Waals surface area contributed by atoms with Crippen molar-refractivity contribution in [3.05, 3.63) is 69.0 Å². The predicted octanol–water partition coefficient (Wildman–Crippen LogP) is 3.18. The highest BCUT2D eigenvalue weighted by molar-refractivity contribution is 8.13. The number of benzene rings is 2. The van der Waals surface area contributed by atoms with Gasteiger partial charge in [-0.3, -0.25) is 14.9 Å². The van der Waals surface area contributed by atoms with Gasteiger partial charge in [0.25, 0.3) is 10.9 Å². The number of aliphatic hydroxyl groups excluding tert-OH is 2. The number of nitro groups is 1. The van der Waals surface area contributed by atoms with Crippen molar-refractivity contribution >= 4 is 28.4 Å². The smallest absolute Gasteiger partial charge is 0.283 e. The minimum absolute atomic E-state index is 0.00203. The minimum atomic E-state index is -0.603. The number of rotatable bonds is 6. The number of hydrogen-bond donors (Lipinski definition) is 3. The summed E-state index contributed by atoms with van der Waals surface area (Å²) in [6.07, 6.45) is 0. The number of anilines is 1. The van der Waals surface area contributed by atoms with Crippen LogP contribution < -0.4 is 5.32 Å². The molecule has 3 N–H and O–H groups in total. The first-order valence-corrected chi connectivity index (χ1v) is 8.13. The Morgan fingerprint density at radius 1 is 1.12 bits per heavy atom. The monoisotopic (exact) mass is 366 g/mol. The number of nitrogens with one attached hydrogen (secondary N) is 1. The number of thioether (sulfide) groups is 1. The van der Waals surface area contributed by atoms with E-state index in [0.29, 0.717) is 11.3 Å². The average Bonchev–Trinajstić information content (AvgIpc) is 2.60. The Morgan fingerprint density at radius 2 is 1.72 bits per heavy atom. The van der Waals surface area contributed by atoms with E-state index in [1.807, 2.05) is 0 Å². The fraction of sp³-hybridized carbons (Fsp3) is 0.188. The fourth-order valence-electron chi connectivity index (χ4n) is 2.14. The number of nitro benzene ring substituents is 1. The van der Waals surface area contributed by atoms with Crippen LogP contribution in [0.25, 0.3) is 0 Å². The molecule has 2 aromatic carbocycles. The van der Waals surface area contributed by atoms with E-state index in [9.17, 15) is 29.5 Å². The van der Waals surface area contributed by atoms with Crippen molar-refractivity contribution in [2.24, 2.45) is 0 Å². The second-order valence-corrected chi connectivity index (χ2v) is 5.98. The highest BCUT2D eigenvalue weighted by Crippen LogP contribution is 2.28. The summed E-state index contributed by atoms with van der Waals surface area (Å²) in [7, 11) is 0. The van der Waals surface area contributed by atoms with Crippen molar-refractivity contribution in [2.45, 2.75) is 19.0 Å². The Morgan fingerprint density at radius 3 is 2.28 bits per heavy atom. The molecule has 0 spiro atoms. The van der Waals surface area contributed by atoms with Gasteiger partial charge < -0.3 is 15.5 Å². The van der Waals surface area contributed by atoms with Crippen LogP contribution in [0.1, 0.15) is 16.7 Å². The molecule has 0 saturated carbocycles. The van der Waals surface area contributed by atoms with Gasteiger partial charge in [0.05, 0.1) is 18.1 Å². The van der Waals surface area contributed by atoms with E-state index in [1.54, 1.807) is 0 Å². The van der Waals surface area contributed by atoms with Crippen molar-refractivity contribution in [3.8, 4) is 0 Å². The normalized spacial score (nSPS) is 10.5. The Kier molecular flexibility index (Phi) is 6.45. The maximum atomic E-state index is 12.8. The second kappa shape index (κ2) is 8.56. The lowest BCUT2D eigenvalue weighted by molar-refractivity contribution is -0.385. The Labute approximate surface area is 146 Å². The molecule has 0 unspecified atom stereocenters. The third kappa shape index (κ3) is 4.99. The molecule has 0 atom stereocenters. The lowest BCUT2D eigenvalue weighted by Crippen LogP contribution is -2.06. The van der Waals surface area contributed by atoms with Gasteiger partial charge in [-0.2, -0.15) is 0 Å². The van der Waals surface area contributed by atoms with Crippen molar-refractivity contribution in [1.82, 2.24) is 0 Å². The minimum Gasteiger partial charge on any atom is -0.392 e. The van der Waals surface area contributed by atoms with Crippen LogP contribution in [0.15, 0.2) is 36.4 Å². The number of carbonyl (C=O) groups is 1. The van der Waals surface area contributed by atoms with Gasteiger partial charge in [-0.1, -0.05) is 11.8 Å². The standard InChI is InChI=1S/C16H15FN2O5S/c17-13-1-3-14(4-2-13)18-16(22)25-9-12-5-10(7-20)11(8-21)6-15(12)19(23)24/h1-6,20-21H,7-9H2,(H,18,22). The number of hydrogen-bond acceptors (Lipinski definition) is 6. The zero-order valence-corrected chi connectivity index (χ0v) is 13.8. The van der Waals surface area contributed by atoms with Crippen LogP contribution in [0.2, 0.25) is 0 Å². The molecule has 0 radical (unpaired) electrons. The van der Waals surface area contributed by atoms with Crippen LogP contribution >= 0.6 is 11.8 Å². The summed E-state index contributed by atoms with van der Waals surface area (Å²) >= 11 is 0.800. The summed E-state index contributed by atoms with van der Waals surface area (Å²) in [4.78, 5) is 22.5. The van der Waals surface area contributed by atoms with Gasteiger partial charge in [-0.25, -0.2) is 4.39 Å². The molecule has 0 aliphatic carbocycles.